The zero-order valence-corrected chi connectivity index (χ0v) is 15.7. The summed E-state index contributed by atoms with van der Waals surface area (Å²) in [6.07, 6.45) is 5.15. The number of amides is 1. The molecule has 1 amide bonds. The molecule has 5 atom stereocenters. The molecule has 0 aromatic rings. The Kier molecular flexibility index (Phi) is 2.97. The largest absolute Gasteiger partial charge is 0.533 e. The van der Waals surface area contributed by atoms with Gasteiger partial charge < -0.3 is 9.55 Å². The number of nitrogens with one attached hydrogen (secondary N) is 1. The minimum Gasteiger partial charge on any atom is -0.533 e. The Morgan fingerprint density at radius 1 is 1.28 bits per heavy atom. The van der Waals surface area contributed by atoms with Crippen LogP contribution in [-0.4, -0.2) is 63.9 Å². The van der Waals surface area contributed by atoms with Crippen molar-refractivity contribution in [2.45, 2.75) is 88.4 Å². The van der Waals surface area contributed by atoms with E-state index in [1.165, 1.54) is 6.42 Å². The van der Waals surface area contributed by atoms with Crippen molar-refractivity contribution in [1.82, 2.24) is 15.1 Å². The summed E-state index contributed by atoms with van der Waals surface area (Å²) in [5, 5.41) is 3.50. The Hall–Kier alpha value is -1.08. The highest BCUT2D eigenvalue weighted by Gasteiger charge is 2.90. The molecule has 0 aromatic heterocycles. The molecule has 136 valence electrons. The number of hydrogen-bond acceptors (Lipinski definition) is 5. The Bertz CT molecular complexity index is 668. The quantitative estimate of drug-likeness (QED) is 0.598. The number of nitrogens with zero attached hydrogens (tertiary/aromatic N) is 2. The van der Waals surface area contributed by atoms with E-state index in [2.05, 4.69) is 37.9 Å². The molecule has 5 aliphatic rings. The fraction of sp³-hybridized carbons (Fsp3) is 0.889. The van der Waals surface area contributed by atoms with Crippen molar-refractivity contribution in [1.29, 1.82) is 0 Å². The van der Waals surface area contributed by atoms with E-state index >= 15 is 0 Å². The van der Waals surface area contributed by atoms with Gasteiger partial charge in [0.1, 0.15) is 5.54 Å². The van der Waals surface area contributed by atoms with E-state index in [9.17, 15) is 9.59 Å². The predicted octanol–water partition coefficient (Wildman–Crippen LogP) is 1.02. The van der Waals surface area contributed by atoms with Gasteiger partial charge in [-0.15, -0.1) is 0 Å². The highest BCUT2D eigenvalue weighted by Crippen LogP contribution is 2.68. The third-order valence-corrected chi connectivity index (χ3v) is 7.57. The zero-order chi connectivity index (χ0) is 17.8. The van der Waals surface area contributed by atoms with Crippen LogP contribution in [0.25, 0.3) is 0 Å². The molecule has 5 aliphatic heterocycles. The summed E-state index contributed by atoms with van der Waals surface area (Å²) in [5.74, 6) is 0.418. The van der Waals surface area contributed by atoms with Crippen molar-refractivity contribution >= 4 is 18.8 Å². The van der Waals surface area contributed by atoms with E-state index in [1.807, 2.05) is 4.90 Å². The lowest BCUT2D eigenvalue weighted by atomic mass is 9.45. The van der Waals surface area contributed by atoms with Gasteiger partial charge in [0.2, 0.25) is 5.91 Å². The fourth-order valence-electron chi connectivity index (χ4n) is 6.62. The van der Waals surface area contributed by atoms with Gasteiger partial charge in [-0.3, -0.25) is 19.8 Å². The van der Waals surface area contributed by atoms with E-state index in [4.69, 9.17) is 4.65 Å². The Balaban J connectivity index is 1.43. The molecule has 7 heteroatoms. The first kappa shape index (κ1) is 16.1. The maximum Gasteiger partial charge on any atom is 0.384 e. The van der Waals surface area contributed by atoms with Crippen LogP contribution in [-0.2, 0) is 14.2 Å². The third kappa shape index (κ3) is 1.65. The zero-order valence-electron chi connectivity index (χ0n) is 15.7. The van der Waals surface area contributed by atoms with Crippen LogP contribution < -0.4 is 5.32 Å². The first-order chi connectivity index (χ1) is 11.8. The molecule has 5 saturated heterocycles. The molecule has 0 radical (unpaired) electrons. The average Bonchev–Trinajstić information content (AvgIpc) is 2.86. The molecule has 0 saturated carbocycles. The predicted molar refractivity (Wildman–Crippen MR) is 93.8 cm³/mol. The molecular weight excluding hydrogens is 317 g/mol. The molecule has 0 aromatic carbocycles. The molecule has 1 N–H and O–H groups in total. The van der Waals surface area contributed by atoms with E-state index in [0.29, 0.717) is 0 Å². The van der Waals surface area contributed by atoms with E-state index in [1.54, 1.807) is 0 Å². The monoisotopic (exact) mass is 345 g/mol. The topological polar surface area (TPSA) is 61.6 Å². The summed E-state index contributed by atoms with van der Waals surface area (Å²) in [6, 6.07) is -0.0380. The lowest BCUT2D eigenvalue weighted by Crippen LogP contribution is -2.55. The standard InChI is InChI=1S/C18H28BN3O3/c1-11(2)13-14(23)22(16(3,4)20-13)12-9-17-15(24)25-19-8-6-5-7-18(17,19)21(17)10-12/h11-13,20H,5-10H2,1-4H3/t12-,13+,17-,18?,21?/m1/s1. The van der Waals surface area contributed by atoms with Crippen LogP contribution >= 0.6 is 0 Å². The first-order valence-electron chi connectivity index (χ1n) is 9.85. The normalized spacial score (nSPS) is 47.0. The molecule has 6 nitrogen and oxygen atoms in total. The Labute approximate surface area is 149 Å². The van der Waals surface area contributed by atoms with Crippen molar-refractivity contribution < 1.29 is 14.2 Å². The van der Waals surface area contributed by atoms with Crippen molar-refractivity contribution in [2.75, 3.05) is 6.54 Å². The van der Waals surface area contributed by atoms with Gasteiger partial charge in [0.25, 0.3) is 0 Å². The smallest absolute Gasteiger partial charge is 0.384 e. The van der Waals surface area contributed by atoms with Gasteiger partial charge in [-0.25, -0.2) is 0 Å². The summed E-state index contributed by atoms with van der Waals surface area (Å²) in [4.78, 5) is 30.2. The Morgan fingerprint density at radius 2 is 2.04 bits per heavy atom. The van der Waals surface area contributed by atoms with Gasteiger partial charge in [0, 0.05) is 12.6 Å². The number of piperidine rings is 1. The maximum atomic E-state index is 13.1. The number of rotatable bonds is 2. The van der Waals surface area contributed by atoms with Crippen molar-refractivity contribution in [3.63, 3.8) is 0 Å². The second-order valence-electron chi connectivity index (χ2n) is 9.53. The molecule has 5 heterocycles. The van der Waals surface area contributed by atoms with Gasteiger partial charge in [-0.05, 0) is 38.9 Å². The number of hydrogen-bond donors (Lipinski definition) is 1. The number of carbonyl (C=O) groups is 2. The van der Waals surface area contributed by atoms with Crippen LogP contribution in [0.2, 0.25) is 6.32 Å². The summed E-state index contributed by atoms with van der Waals surface area (Å²) >= 11 is 0. The second-order valence-corrected chi connectivity index (χ2v) is 9.53. The molecule has 5 rings (SSSR count). The molecule has 2 unspecified atom stereocenters. The summed E-state index contributed by atoms with van der Waals surface area (Å²) in [5.41, 5.74) is -0.849. The molecule has 2 spiro atoms. The van der Waals surface area contributed by atoms with Crippen LogP contribution in [0.15, 0.2) is 0 Å². The first-order valence-corrected chi connectivity index (χ1v) is 9.85. The molecule has 0 aliphatic carbocycles. The van der Waals surface area contributed by atoms with Crippen LogP contribution in [0.5, 0.6) is 0 Å². The van der Waals surface area contributed by atoms with Gasteiger partial charge in [0.05, 0.1) is 17.1 Å². The SMILES string of the molecule is CC(C)[C@@H]1NC(C)(C)N([C@H]2CN3C45CCCCB4OC(=O)[C@@]35C2)C1=O. The molecular formula is C18H28BN3O3. The van der Waals surface area contributed by atoms with Crippen molar-refractivity contribution in [3.05, 3.63) is 0 Å². The summed E-state index contributed by atoms with van der Waals surface area (Å²) in [6.45, 7) is 9.22. The summed E-state index contributed by atoms with van der Waals surface area (Å²) in [7, 11) is 0. The van der Waals surface area contributed by atoms with E-state index in [-0.39, 0.29) is 47.9 Å². The van der Waals surface area contributed by atoms with Gasteiger partial charge >= 0.3 is 12.9 Å². The minimum absolute atomic E-state index is 0.0280. The van der Waals surface area contributed by atoms with E-state index in [0.717, 1.165) is 32.1 Å². The summed E-state index contributed by atoms with van der Waals surface area (Å²) < 4.78 is 5.77. The van der Waals surface area contributed by atoms with Gasteiger partial charge in [-0.2, -0.15) is 0 Å². The molecule has 5 fully saturated rings. The number of carbonyl (C=O) groups excluding carboxylic acids is 2. The van der Waals surface area contributed by atoms with Crippen molar-refractivity contribution in [2.24, 2.45) is 5.92 Å². The maximum absolute atomic E-state index is 13.1. The van der Waals surface area contributed by atoms with Crippen LogP contribution in [0, 0.1) is 5.92 Å². The van der Waals surface area contributed by atoms with Crippen LogP contribution in [0.3, 0.4) is 0 Å². The lowest BCUT2D eigenvalue weighted by molar-refractivity contribution is -0.138. The van der Waals surface area contributed by atoms with Crippen molar-refractivity contribution in [3.8, 4) is 0 Å². The minimum atomic E-state index is -0.435. The molecule has 0 bridgehead atoms. The van der Waals surface area contributed by atoms with Crippen LogP contribution in [0.1, 0.15) is 53.4 Å². The average molecular weight is 345 g/mol. The van der Waals surface area contributed by atoms with Gasteiger partial charge in [-0.1, -0.05) is 26.7 Å². The Morgan fingerprint density at radius 3 is 2.68 bits per heavy atom. The van der Waals surface area contributed by atoms with E-state index < -0.39 is 5.54 Å². The fourth-order valence-corrected chi connectivity index (χ4v) is 6.62. The van der Waals surface area contributed by atoms with Gasteiger partial charge in [0.15, 0.2) is 0 Å². The highest BCUT2D eigenvalue weighted by atomic mass is 16.5. The van der Waals surface area contributed by atoms with Crippen LogP contribution in [0.4, 0.5) is 0 Å². The molecule has 25 heavy (non-hydrogen) atoms. The third-order valence-electron chi connectivity index (χ3n) is 7.57. The lowest BCUT2D eigenvalue weighted by Gasteiger charge is -2.38. The highest BCUT2D eigenvalue weighted by molar-refractivity contribution is 6.64. The second kappa shape index (κ2) is 4.60.